The molecule has 1 heterocycles. The molecule has 1 aliphatic heterocycles. The van der Waals surface area contributed by atoms with Crippen molar-refractivity contribution in [1.29, 1.82) is 0 Å². The van der Waals surface area contributed by atoms with Crippen LogP contribution in [-0.4, -0.2) is 31.6 Å². The van der Waals surface area contributed by atoms with Crippen molar-refractivity contribution < 1.29 is 0 Å². The maximum atomic E-state index is 3.48. The van der Waals surface area contributed by atoms with Crippen molar-refractivity contribution in [2.75, 3.05) is 26.7 Å². The van der Waals surface area contributed by atoms with Crippen molar-refractivity contribution in [3.05, 3.63) is 35.4 Å². The summed E-state index contributed by atoms with van der Waals surface area (Å²) in [5.41, 5.74) is 2.85. The van der Waals surface area contributed by atoms with Gasteiger partial charge in [0.2, 0.25) is 0 Å². The van der Waals surface area contributed by atoms with Gasteiger partial charge in [-0.2, -0.15) is 0 Å². The van der Waals surface area contributed by atoms with E-state index in [1.807, 2.05) is 0 Å². The smallest absolute Gasteiger partial charge is 0.0332 e. The maximum absolute atomic E-state index is 3.48. The molecule has 0 bridgehead atoms. The highest BCUT2D eigenvalue weighted by molar-refractivity contribution is 5.28. The molecule has 0 radical (unpaired) electrons. The number of hydrogen-bond donors (Lipinski definition) is 1. The zero-order valence-corrected chi connectivity index (χ0v) is 12.7. The molecule has 0 amide bonds. The Morgan fingerprint density at radius 2 is 2.16 bits per heavy atom. The van der Waals surface area contributed by atoms with E-state index in [-0.39, 0.29) is 0 Å². The lowest BCUT2D eigenvalue weighted by Crippen LogP contribution is -2.36. The van der Waals surface area contributed by atoms with Crippen molar-refractivity contribution in [3.63, 3.8) is 0 Å². The molecule has 0 aromatic heterocycles. The van der Waals surface area contributed by atoms with E-state index in [1.165, 1.54) is 50.0 Å². The Morgan fingerprint density at radius 1 is 1.37 bits per heavy atom. The van der Waals surface area contributed by atoms with Crippen LogP contribution in [0.25, 0.3) is 0 Å². The van der Waals surface area contributed by atoms with Gasteiger partial charge in [0, 0.05) is 12.6 Å². The Balaban J connectivity index is 1.91. The molecular weight excluding hydrogens is 232 g/mol. The molecule has 19 heavy (non-hydrogen) atoms. The third-order valence-electron chi connectivity index (χ3n) is 4.39. The van der Waals surface area contributed by atoms with E-state index in [1.54, 1.807) is 0 Å². The van der Waals surface area contributed by atoms with Gasteiger partial charge < -0.3 is 10.2 Å². The van der Waals surface area contributed by atoms with Gasteiger partial charge in [-0.15, -0.1) is 0 Å². The monoisotopic (exact) mass is 260 g/mol. The minimum absolute atomic E-state index is 0.485. The standard InChI is InChI=1S/C17H28N2/c1-14-7-6-11-19(13-14)12-10-17(18-3)16-9-5-4-8-15(16)2/h4-5,8-9,14,17-18H,6-7,10-13H2,1-3H3. The first-order chi connectivity index (χ1) is 9.20. The summed E-state index contributed by atoms with van der Waals surface area (Å²) in [6.07, 6.45) is 3.98. The maximum Gasteiger partial charge on any atom is 0.0332 e. The van der Waals surface area contributed by atoms with Crippen LogP contribution in [0.4, 0.5) is 0 Å². The van der Waals surface area contributed by atoms with Crippen LogP contribution in [0.5, 0.6) is 0 Å². The summed E-state index contributed by atoms with van der Waals surface area (Å²) >= 11 is 0. The van der Waals surface area contributed by atoms with Crippen molar-refractivity contribution in [2.24, 2.45) is 5.92 Å². The van der Waals surface area contributed by atoms with Crippen LogP contribution in [0.3, 0.4) is 0 Å². The number of piperidine rings is 1. The van der Waals surface area contributed by atoms with E-state index in [9.17, 15) is 0 Å². The van der Waals surface area contributed by atoms with E-state index in [0.717, 1.165) is 5.92 Å². The Bertz CT molecular complexity index is 389. The zero-order chi connectivity index (χ0) is 13.7. The largest absolute Gasteiger partial charge is 0.313 e. The van der Waals surface area contributed by atoms with Crippen LogP contribution in [0.1, 0.15) is 43.4 Å². The fourth-order valence-electron chi connectivity index (χ4n) is 3.23. The molecule has 1 aromatic rings. The highest BCUT2D eigenvalue weighted by Crippen LogP contribution is 2.22. The van der Waals surface area contributed by atoms with Gasteiger partial charge in [0.15, 0.2) is 0 Å². The number of benzene rings is 1. The number of aryl methyl sites for hydroxylation is 1. The second kappa shape index (κ2) is 7.06. The molecule has 2 atom stereocenters. The minimum atomic E-state index is 0.485. The van der Waals surface area contributed by atoms with Crippen LogP contribution in [0.15, 0.2) is 24.3 Å². The molecule has 1 saturated heterocycles. The third-order valence-corrected chi connectivity index (χ3v) is 4.39. The second-order valence-corrected chi connectivity index (χ2v) is 6.03. The second-order valence-electron chi connectivity index (χ2n) is 6.03. The highest BCUT2D eigenvalue weighted by Gasteiger charge is 2.18. The molecule has 1 fully saturated rings. The van der Waals surface area contributed by atoms with E-state index < -0.39 is 0 Å². The fraction of sp³-hybridized carbons (Fsp3) is 0.647. The van der Waals surface area contributed by atoms with Crippen LogP contribution in [-0.2, 0) is 0 Å². The summed E-state index contributed by atoms with van der Waals surface area (Å²) in [5.74, 6) is 0.875. The number of nitrogens with one attached hydrogen (secondary N) is 1. The molecule has 2 unspecified atom stereocenters. The van der Waals surface area contributed by atoms with Crippen LogP contribution in [0, 0.1) is 12.8 Å². The zero-order valence-electron chi connectivity index (χ0n) is 12.7. The van der Waals surface area contributed by atoms with Gasteiger partial charge in [-0.3, -0.25) is 0 Å². The van der Waals surface area contributed by atoms with Gasteiger partial charge in [0.25, 0.3) is 0 Å². The average Bonchev–Trinajstić information content (AvgIpc) is 2.41. The average molecular weight is 260 g/mol. The van der Waals surface area contributed by atoms with Crippen LogP contribution in [0.2, 0.25) is 0 Å². The summed E-state index contributed by atoms with van der Waals surface area (Å²) in [6, 6.07) is 9.23. The molecular formula is C17H28N2. The normalized spacial score (nSPS) is 22.4. The molecule has 2 rings (SSSR count). The van der Waals surface area contributed by atoms with Crippen molar-refractivity contribution in [2.45, 2.75) is 39.2 Å². The summed E-state index contributed by atoms with van der Waals surface area (Å²) in [5, 5.41) is 3.48. The highest BCUT2D eigenvalue weighted by atomic mass is 15.1. The quantitative estimate of drug-likeness (QED) is 0.873. The van der Waals surface area contributed by atoms with Crippen LogP contribution < -0.4 is 5.32 Å². The van der Waals surface area contributed by atoms with Gasteiger partial charge in [-0.05, 0) is 63.4 Å². The molecule has 1 aliphatic rings. The summed E-state index contributed by atoms with van der Waals surface area (Å²) in [4.78, 5) is 2.64. The minimum Gasteiger partial charge on any atom is -0.313 e. The van der Waals surface area contributed by atoms with Crippen molar-refractivity contribution >= 4 is 0 Å². The lowest BCUT2D eigenvalue weighted by Gasteiger charge is -2.32. The fourth-order valence-corrected chi connectivity index (χ4v) is 3.23. The molecule has 2 heteroatoms. The Morgan fingerprint density at radius 3 is 2.84 bits per heavy atom. The molecule has 2 nitrogen and oxygen atoms in total. The molecule has 1 N–H and O–H groups in total. The Kier molecular flexibility index (Phi) is 5.41. The van der Waals surface area contributed by atoms with Gasteiger partial charge in [0.1, 0.15) is 0 Å². The predicted octanol–water partition coefficient (Wildman–Crippen LogP) is 3.38. The molecule has 106 valence electrons. The molecule has 0 aliphatic carbocycles. The number of likely N-dealkylation sites (tertiary alicyclic amines) is 1. The third kappa shape index (κ3) is 4.05. The summed E-state index contributed by atoms with van der Waals surface area (Å²) < 4.78 is 0. The predicted molar refractivity (Wildman–Crippen MR) is 82.4 cm³/mol. The molecule has 1 aromatic carbocycles. The van der Waals surface area contributed by atoms with Crippen molar-refractivity contribution in [3.8, 4) is 0 Å². The molecule has 0 saturated carbocycles. The lowest BCUT2D eigenvalue weighted by molar-refractivity contribution is 0.176. The van der Waals surface area contributed by atoms with Gasteiger partial charge in [-0.25, -0.2) is 0 Å². The van der Waals surface area contributed by atoms with Gasteiger partial charge in [0.05, 0.1) is 0 Å². The first-order valence-electron chi connectivity index (χ1n) is 7.66. The van der Waals surface area contributed by atoms with Gasteiger partial charge in [-0.1, -0.05) is 31.2 Å². The van der Waals surface area contributed by atoms with E-state index in [2.05, 4.69) is 55.4 Å². The van der Waals surface area contributed by atoms with Crippen LogP contribution >= 0.6 is 0 Å². The number of hydrogen-bond acceptors (Lipinski definition) is 2. The Labute approximate surface area is 118 Å². The summed E-state index contributed by atoms with van der Waals surface area (Å²) in [6.45, 7) is 8.37. The van der Waals surface area contributed by atoms with E-state index >= 15 is 0 Å². The first kappa shape index (κ1) is 14.5. The van der Waals surface area contributed by atoms with Crippen molar-refractivity contribution in [1.82, 2.24) is 10.2 Å². The van der Waals surface area contributed by atoms with Gasteiger partial charge >= 0.3 is 0 Å². The Hall–Kier alpha value is -0.860. The topological polar surface area (TPSA) is 15.3 Å². The molecule has 0 spiro atoms. The number of rotatable bonds is 5. The lowest BCUT2D eigenvalue weighted by atomic mass is 9.97. The SMILES string of the molecule is CNC(CCN1CCCC(C)C1)c1ccccc1C. The van der Waals surface area contributed by atoms with E-state index in [0.29, 0.717) is 6.04 Å². The van der Waals surface area contributed by atoms with E-state index in [4.69, 9.17) is 0 Å². The first-order valence-corrected chi connectivity index (χ1v) is 7.66. The number of nitrogens with zero attached hydrogens (tertiary/aromatic N) is 1. The summed E-state index contributed by atoms with van der Waals surface area (Å²) in [7, 11) is 2.08.